The fourth-order valence-corrected chi connectivity index (χ4v) is 4.57. The topological polar surface area (TPSA) is 21.7 Å². The van der Waals surface area contributed by atoms with Gasteiger partial charge in [0.1, 0.15) is 6.10 Å². The van der Waals surface area contributed by atoms with Crippen molar-refractivity contribution in [3.8, 4) is 11.5 Å². The number of rotatable bonds is 4. The van der Waals surface area contributed by atoms with Crippen LogP contribution in [-0.2, 0) is 0 Å². The lowest BCUT2D eigenvalue weighted by molar-refractivity contribution is 0.144. The van der Waals surface area contributed by atoms with Crippen molar-refractivity contribution >= 4 is 35.6 Å². The second kappa shape index (κ2) is 10.1. The average molecular weight is 409 g/mol. The van der Waals surface area contributed by atoms with Crippen LogP contribution < -0.4 is 9.47 Å². The van der Waals surface area contributed by atoms with E-state index in [1.54, 1.807) is 19.2 Å². The van der Waals surface area contributed by atoms with E-state index in [9.17, 15) is 0 Å². The van der Waals surface area contributed by atoms with Crippen LogP contribution in [0.15, 0.2) is 12.1 Å². The van der Waals surface area contributed by atoms with Gasteiger partial charge in [-0.05, 0) is 44.7 Å². The van der Waals surface area contributed by atoms with Crippen LogP contribution in [0.2, 0.25) is 10.0 Å². The molecule has 1 saturated heterocycles. The Morgan fingerprint density at radius 3 is 2.44 bits per heavy atom. The standard InChI is InChI=1S/C19H27Cl2NO2.ClH/c1-23-19-17(21)12-14(20)13-18(19)24-16-8-5-10-22(11-9-16)15-6-3-2-4-7-15;/h12-13,15-16H,2-11H2,1H3;1H. The number of benzene rings is 1. The third kappa shape index (κ3) is 5.56. The quantitative estimate of drug-likeness (QED) is 0.610. The van der Waals surface area contributed by atoms with Crippen LogP contribution in [0.1, 0.15) is 51.4 Å². The highest BCUT2D eigenvalue weighted by molar-refractivity contribution is 6.35. The van der Waals surface area contributed by atoms with Crippen LogP contribution in [0.4, 0.5) is 0 Å². The maximum absolute atomic E-state index is 6.23. The molecule has 3 rings (SSSR count). The van der Waals surface area contributed by atoms with Crippen molar-refractivity contribution in [1.29, 1.82) is 0 Å². The van der Waals surface area contributed by atoms with E-state index in [0.29, 0.717) is 21.5 Å². The molecule has 0 N–H and O–H groups in total. The minimum atomic E-state index is 0. The number of halogens is 3. The Balaban J connectivity index is 0.00000225. The molecule has 1 aromatic carbocycles. The lowest BCUT2D eigenvalue weighted by Gasteiger charge is -2.33. The molecule has 2 aliphatic rings. The van der Waals surface area contributed by atoms with Crippen molar-refractivity contribution in [1.82, 2.24) is 4.90 Å². The highest BCUT2D eigenvalue weighted by Gasteiger charge is 2.26. The van der Waals surface area contributed by atoms with E-state index in [2.05, 4.69) is 4.90 Å². The highest BCUT2D eigenvalue weighted by atomic mass is 35.5. The van der Waals surface area contributed by atoms with Crippen LogP contribution in [0.25, 0.3) is 0 Å². The predicted octanol–water partition coefficient (Wildman–Crippen LogP) is 5.99. The van der Waals surface area contributed by atoms with Crippen molar-refractivity contribution < 1.29 is 9.47 Å². The van der Waals surface area contributed by atoms with E-state index < -0.39 is 0 Å². The Morgan fingerprint density at radius 1 is 0.960 bits per heavy atom. The molecule has 0 aromatic heterocycles. The number of likely N-dealkylation sites (tertiary alicyclic amines) is 1. The van der Waals surface area contributed by atoms with E-state index in [1.165, 1.54) is 45.1 Å². The van der Waals surface area contributed by atoms with Gasteiger partial charge in [-0.3, -0.25) is 0 Å². The van der Waals surface area contributed by atoms with E-state index in [-0.39, 0.29) is 18.5 Å². The normalized spacial score (nSPS) is 22.8. The molecule has 1 heterocycles. The van der Waals surface area contributed by atoms with Gasteiger partial charge >= 0.3 is 0 Å². The molecule has 0 spiro atoms. The van der Waals surface area contributed by atoms with Gasteiger partial charge < -0.3 is 14.4 Å². The first-order valence-corrected chi connectivity index (χ1v) is 9.86. The molecule has 1 aromatic rings. The van der Waals surface area contributed by atoms with Crippen molar-refractivity contribution in [3.63, 3.8) is 0 Å². The van der Waals surface area contributed by atoms with Gasteiger partial charge in [0.25, 0.3) is 0 Å². The van der Waals surface area contributed by atoms with E-state index in [0.717, 1.165) is 25.4 Å². The minimum absolute atomic E-state index is 0. The maximum atomic E-state index is 6.23. The van der Waals surface area contributed by atoms with Crippen LogP contribution >= 0.6 is 35.6 Å². The molecule has 3 nitrogen and oxygen atoms in total. The smallest absolute Gasteiger partial charge is 0.179 e. The summed E-state index contributed by atoms with van der Waals surface area (Å²) in [5, 5.41) is 1.07. The van der Waals surface area contributed by atoms with E-state index in [4.69, 9.17) is 32.7 Å². The van der Waals surface area contributed by atoms with Gasteiger partial charge in [-0.1, -0.05) is 42.5 Å². The number of hydrogen-bond donors (Lipinski definition) is 0. The number of methoxy groups -OCH3 is 1. The summed E-state index contributed by atoms with van der Waals surface area (Å²) in [7, 11) is 1.61. The number of ether oxygens (including phenoxy) is 2. The van der Waals surface area contributed by atoms with Crippen molar-refractivity contribution in [3.05, 3.63) is 22.2 Å². The Morgan fingerprint density at radius 2 is 1.72 bits per heavy atom. The SMILES string of the molecule is COc1c(Cl)cc(Cl)cc1OC1CCCN(C2CCCCC2)CC1.Cl. The predicted molar refractivity (Wildman–Crippen MR) is 107 cm³/mol. The largest absolute Gasteiger partial charge is 0.491 e. The molecule has 1 saturated carbocycles. The average Bonchev–Trinajstić information content (AvgIpc) is 2.81. The molecule has 1 aliphatic heterocycles. The lowest BCUT2D eigenvalue weighted by atomic mass is 9.94. The summed E-state index contributed by atoms with van der Waals surface area (Å²) in [6.45, 7) is 2.31. The van der Waals surface area contributed by atoms with Gasteiger partial charge in [0.2, 0.25) is 0 Å². The summed E-state index contributed by atoms with van der Waals surface area (Å²) in [6.07, 6.45) is 10.4. The van der Waals surface area contributed by atoms with Crippen molar-refractivity contribution in [2.75, 3.05) is 20.2 Å². The first-order valence-electron chi connectivity index (χ1n) is 9.11. The fourth-order valence-electron chi connectivity index (χ4n) is 4.02. The summed E-state index contributed by atoms with van der Waals surface area (Å²) in [5.74, 6) is 1.24. The van der Waals surface area contributed by atoms with Gasteiger partial charge in [0, 0.05) is 23.7 Å². The lowest BCUT2D eigenvalue weighted by Crippen LogP contribution is -2.37. The molecule has 25 heavy (non-hydrogen) atoms. The maximum Gasteiger partial charge on any atom is 0.179 e. The Kier molecular flexibility index (Phi) is 8.47. The first kappa shape index (κ1) is 21.0. The molecule has 1 atom stereocenters. The van der Waals surface area contributed by atoms with Crippen LogP contribution in [-0.4, -0.2) is 37.2 Å². The minimum Gasteiger partial charge on any atom is -0.491 e. The second-order valence-electron chi connectivity index (χ2n) is 6.92. The monoisotopic (exact) mass is 407 g/mol. The molecule has 0 radical (unpaired) electrons. The second-order valence-corrected chi connectivity index (χ2v) is 7.76. The highest BCUT2D eigenvalue weighted by Crippen LogP contribution is 2.39. The zero-order valence-corrected chi connectivity index (χ0v) is 17.1. The zero-order chi connectivity index (χ0) is 16.9. The summed E-state index contributed by atoms with van der Waals surface area (Å²) in [4.78, 5) is 2.69. The molecule has 142 valence electrons. The summed E-state index contributed by atoms with van der Waals surface area (Å²) in [6, 6.07) is 4.27. The van der Waals surface area contributed by atoms with E-state index in [1.807, 2.05) is 0 Å². The summed E-state index contributed by atoms with van der Waals surface area (Å²) < 4.78 is 11.6. The molecular formula is C19H28Cl3NO2. The number of nitrogens with zero attached hydrogens (tertiary/aromatic N) is 1. The Labute approximate surface area is 167 Å². The molecule has 1 aliphatic carbocycles. The third-order valence-corrected chi connectivity index (χ3v) is 5.77. The Bertz CT molecular complexity index is 550. The van der Waals surface area contributed by atoms with Crippen LogP contribution in [0.3, 0.4) is 0 Å². The van der Waals surface area contributed by atoms with Crippen LogP contribution in [0, 0.1) is 0 Å². The molecule has 2 fully saturated rings. The van der Waals surface area contributed by atoms with Gasteiger partial charge in [0.05, 0.1) is 12.1 Å². The zero-order valence-electron chi connectivity index (χ0n) is 14.8. The van der Waals surface area contributed by atoms with Gasteiger partial charge in [0.15, 0.2) is 11.5 Å². The first-order chi connectivity index (χ1) is 11.7. The number of hydrogen-bond acceptors (Lipinski definition) is 3. The molecular weight excluding hydrogens is 381 g/mol. The molecule has 0 bridgehead atoms. The summed E-state index contributed by atoms with van der Waals surface area (Å²) >= 11 is 12.3. The van der Waals surface area contributed by atoms with Crippen molar-refractivity contribution in [2.24, 2.45) is 0 Å². The summed E-state index contributed by atoms with van der Waals surface area (Å²) in [5.41, 5.74) is 0. The Hall–Kier alpha value is -0.350. The molecule has 6 heteroatoms. The van der Waals surface area contributed by atoms with Gasteiger partial charge in [-0.2, -0.15) is 0 Å². The van der Waals surface area contributed by atoms with Crippen LogP contribution in [0.5, 0.6) is 11.5 Å². The molecule has 0 amide bonds. The van der Waals surface area contributed by atoms with E-state index >= 15 is 0 Å². The third-order valence-electron chi connectivity index (χ3n) is 5.27. The van der Waals surface area contributed by atoms with Gasteiger partial charge in [-0.15, -0.1) is 12.4 Å². The van der Waals surface area contributed by atoms with Crippen molar-refractivity contribution in [2.45, 2.75) is 63.5 Å². The van der Waals surface area contributed by atoms with Gasteiger partial charge in [-0.25, -0.2) is 0 Å². The fraction of sp³-hybridized carbons (Fsp3) is 0.684. The molecule has 1 unspecified atom stereocenters.